The van der Waals surface area contributed by atoms with Crippen molar-refractivity contribution in [2.45, 2.75) is 70.3 Å². The fraction of sp³-hybridized carbons (Fsp3) is 0.438. The first kappa shape index (κ1) is 26.7. The van der Waals surface area contributed by atoms with E-state index in [0.29, 0.717) is 30.7 Å². The normalized spacial score (nSPS) is 24.2. The molecule has 0 radical (unpaired) electrons. The molecule has 2 saturated carbocycles. The molecule has 0 bridgehead atoms. The third kappa shape index (κ3) is 4.23. The molecule has 0 unspecified atom stereocenters. The van der Waals surface area contributed by atoms with E-state index in [0.717, 1.165) is 48.2 Å². The number of rotatable bonds is 7. The zero-order valence-electron chi connectivity index (χ0n) is 22.8. The van der Waals surface area contributed by atoms with Crippen molar-refractivity contribution >= 4 is 5.97 Å². The second-order valence-electron chi connectivity index (χ2n) is 12.1. The lowest BCUT2D eigenvalue weighted by Gasteiger charge is -2.30. The average Bonchev–Trinajstić information content (AvgIpc) is 3.36. The van der Waals surface area contributed by atoms with Crippen molar-refractivity contribution in [2.24, 2.45) is 11.3 Å². The van der Waals surface area contributed by atoms with E-state index in [1.807, 2.05) is 12.1 Å². The van der Waals surface area contributed by atoms with Gasteiger partial charge in [0.2, 0.25) is 5.88 Å². The number of carbonyl (C=O) groups is 1. The molecule has 0 aliphatic heterocycles. The predicted molar refractivity (Wildman–Crippen MR) is 143 cm³/mol. The molecule has 3 atom stereocenters. The SMILES string of the molecule is COc1cc(-c2ccc(COc3cc(F)c4c(c3F)[C@]3(CC4)C[C@H]3C(=O)O)cc2[C@@H]2CCCC2(C)C)c(F)cn1. The molecule has 0 saturated heterocycles. The second-order valence-corrected chi connectivity index (χ2v) is 12.1. The Morgan fingerprint density at radius 3 is 2.58 bits per heavy atom. The molecule has 1 N–H and O–H groups in total. The molecule has 5 nitrogen and oxygen atoms in total. The summed E-state index contributed by atoms with van der Waals surface area (Å²) in [5.74, 6) is -3.11. The number of hydrogen-bond acceptors (Lipinski definition) is 4. The van der Waals surface area contributed by atoms with Gasteiger partial charge >= 0.3 is 5.97 Å². The van der Waals surface area contributed by atoms with Crippen LogP contribution in [0.2, 0.25) is 0 Å². The summed E-state index contributed by atoms with van der Waals surface area (Å²) in [5, 5.41) is 9.51. The second kappa shape index (κ2) is 9.53. The van der Waals surface area contributed by atoms with Gasteiger partial charge in [0, 0.05) is 28.7 Å². The van der Waals surface area contributed by atoms with Crippen molar-refractivity contribution < 1.29 is 32.5 Å². The van der Waals surface area contributed by atoms with E-state index in [1.165, 1.54) is 7.11 Å². The number of nitrogens with zero attached hydrogens (tertiary/aromatic N) is 1. The van der Waals surface area contributed by atoms with Crippen LogP contribution in [0, 0.1) is 28.8 Å². The van der Waals surface area contributed by atoms with Crippen molar-refractivity contribution in [2.75, 3.05) is 7.11 Å². The fourth-order valence-electron chi connectivity index (χ4n) is 7.20. The third-order valence-electron chi connectivity index (χ3n) is 9.45. The summed E-state index contributed by atoms with van der Waals surface area (Å²) in [5.41, 5.74) is 2.43. The van der Waals surface area contributed by atoms with Gasteiger partial charge in [-0.1, -0.05) is 38.5 Å². The van der Waals surface area contributed by atoms with Crippen LogP contribution in [-0.2, 0) is 23.2 Å². The number of carboxylic acids is 1. The van der Waals surface area contributed by atoms with Crippen LogP contribution in [0.5, 0.6) is 11.6 Å². The highest BCUT2D eigenvalue weighted by atomic mass is 19.1. The Bertz CT molecular complexity index is 1520. The minimum absolute atomic E-state index is 0.00366. The molecular formula is C32H32F3NO4. The van der Waals surface area contributed by atoms with Gasteiger partial charge in [-0.15, -0.1) is 0 Å². The number of aliphatic carboxylic acids is 1. The first-order chi connectivity index (χ1) is 19.1. The first-order valence-electron chi connectivity index (χ1n) is 13.8. The number of fused-ring (bicyclic) bond motifs is 2. The van der Waals surface area contributed by atoms with Crippen molar-refractivity contribution in [3.05, 3.63) is 76.2 Å². The Hall–Kier alpha value is -3.55. The molecule has 3 aromatic rings. The summed E-state index contributed by atoms with van der Waals surface area (Å²) in [6.07, 6.45) is 5.26. The highest BCUT2D eigenvalue weighted by Crippen LogP contribution is 2.63. The molecule has 210 valence electrons. The van der Waals surface area contributed by atoms with Crippen LogP contribution in [-0.4, -0.2) is 23.2 Å². The lowest BCUT2D eigenvalue weighted by Crippen LogP contribution is -2.17. The Morgan fingerprint density at radius 1 is 1.10 bits per heavy atom. The number of pyridine rings is 1. The Labute approximate surface area is 231 Å². The van der Waals surface area contributed by atoms with E-state index in [9.17, 15) is 9.90 Å². The van der Waals surface area contributed by atoms with Crippen LogP contribution in [0.1, 0.15) is 74.1 Å². The number of carboxylic acid groups (broad SMARTS) is 1. The van der Waals surface area contributed by atoms with E-state index in [1.54, 1.807) is 12.1 Å². The van der Waals surface area contributed by atoms with Gasteiger partial charge in [-0.3, -0.25) is 4.79 Å². The van der Waals surface area contributed by atoms with Crippen molar-refractivity contribution in [3.8, 4) is 22.8 Å². The van der Waals surface area contributed by atoms with Gasteiger partial charge in [0.25, 0.3) is 0 Å². The summed E-state index contributed by atoms with van der Waals surface area (Å²) in [6.45, 7) is 4.40. The van der Waals surface area contributed by atoms with Gasteiger partial charge < -0.3 is 14.6 Å². The lowest BCUT2D eigenvalue weighted by molar-refractivity contribution is -0.139. The van der Waals surface area contributed by atoms with Crippen LogP contribution >= 0.6 is 0 Å². The van der Waals surface area contributed by atoms with E-state index in [2.05, 4.69) is 18.8 Å². The topological polar surface area (TPSA) is 68.7 Å². The van der Waals surface area contributed by atoms with Crippen molar-refractivity contribution in [1.82, 2.24) is 4.98 Å². The molecule has 2 fully saturated rings. The van der Waals surface area contributed by atoms with Crippen molar-refractivity contribution in [1.29, 1.82) is 0 Å². The summed E-state index contributed by atoms with van der Waals surface area (Å²) in [7, 11) is 1.49. The van der Waals surface area contributed by atoms with E-state index in [4.69, 9.17) is 9.47 Å². The molecule has 6 rings (SSSR count). The predicted octanol–water partition coefficient (Wildman–Crippen LogP) is 7.34. The van der Waals surface area contributed by atoms with Gasteiger partial charge in [-0.2, -0.15) is 0 Å². The molecule has 1 heterocycles. The van der Waals surface area contributed by atoms with Gasteiger partial charge in [0.1, 0.15) is 18.2 Å². The number of aromatic nitrogens is 1. The van der Waals surface area contributed by atoms with Gasteiger partial charge in [0.05, 0.1) is 19.2 Å². The standard InChI is InChI=1S/C32H32F3NO4/c1-31(2)9-4-5-22(31)20-11-17(6-7-18(20)21-12-27(39-3)36-15-25(21)34)16-40-26-13-24(33)19-8-10-32(28(19)29(26)35)14-23(32)30(37)38/h6-7,11-13,15,22-23H,4-5,8-10,14,16H2,1-3H3,(H,37,38)/t22-,23-,32+/m0/s1. The average molecular weight is 552 g/mol. The van der Waals surface area contributed by atoms with E-state index in [-0.39, 0.29) is 34.8 Å². The quantitative estimate of drug-likeness (QED) is 0.333. The van der Waals surface area contributed by atoms with E-state index < -0.39 is 34.8 Å². The van der Waals surface area contributed by atoms with Crippen LogP contribution in [0.15, 0.2) is 36.5 Å². The Kier molecular flexibility index (Phi) is 6.35. The Balaban J connectivity index is 1.35. The van der Waals surface area contributed by atoms with Gasteiger partial charge in [0.15, 0.2) is 11.6 Å². The largest absolute Gasteiger partial charge is 0.486 e. The number of hydrogen-bond donors (Lipinski definition) is 1. The fourth-order valence-corrected chi connectivity index (χ4v) is 7.20. The first-order valence-corrected chi connectivity index (χ1v) is 13.8. The molecule has 40 heavy (non-hydrogen) atoms. The molecule has 3 aliphatic rings. The molecule has 0 amide bonds. The summed E-state index contributed by atoms with van der Waals surface area (Å²) >= 11 is 0. The van der Waals surface area contributed by atoms with Gasteiger partial charge in [-0.05, 0) is 65.7 Å². The maximum absolute atomic E-state index is 15.7. The van der Waals surface area contributed by atoms with Crippen LogP contribution in [0.3, 0.4) is 0 Å². The van der Waals surface area contributed by atoms with Crippen LogP contribution in [0.4, 0.5) is 13.2 Å². The zero-order chi connectivity index (χ0) is 28.4. The lowest BCUT2D eigenvalue weighted by atomic mass is 9.75. The number of ether oxygens (including phenoxy) is 2. The minimum atomic E-state index is -0.982. The van der Waals surface area contributed by atoms with Crippen LogP contribution < -0.4 is 9.47 Å². The molecule has 8 heteroatoms. The van der Waals surface area contributed by atoms with Crippen LogP contribution in [0.25, 0.3) is 11.1 Å². The van der Waals surface area contributed by atoms with E-state index >= 15 is 13.2 Å². The summed E-state index contributed by atoms with van der Waals surface area (Å²) in [6, 6.07) is 8.28. The molecule has 1 spiro atoms. The maximum Gasteiger partial charge on any atom is 0.307 e. The Morgan fingerprint density at radius 2 is 1.90 bits per heavy atom. The highest BCUT2D eigenvalue weighted by Gasteiger charge is 2.63. The molecule has 1 aromatic heterocycles. The van der Waals surface area contributed by atoms with Gasteiger partial charge in [-0.25, -0.2) is 18.2 Å². The molecule has 2 aromatic carbocycles. The zero-order valence-corrected chi connectivity index (χ0v) is 22.8. The molecule has 3 aliphatic carbocycles. The molecular weight excluding hydrogens is 519 g/mol. The summed E-state index contributed by atoms with van der Waals surface area (Å²) < 4.78 is 56.8. The minimum Gasteiger partial charge on any atom is -0.486 e. The van der Waals surface area contributed by atoms with Crippen molar-refractivity contribution in [3.63, 3.8) is 0 Å². The number of methoxy groups -OCH3 is 1. The smallest absolute Gasteiger partial charge is 0.307 e. The number of halogens is 3. The third-order valence-corrected chi connectivity index (χ3v) is 9.45. The maximum atomic E-state index is 15.7. The highest BCUT2D eigenvalue weighted by molar-refractivity contribution is 5.78. The number of benzene rings is 2. The monoisotopic (exact) mass is 551 g/mol. The summed E-state index contributed by atoms with van der Waals surface area (Å²) in [4.78, 5) is 15.6.